The highest BCUT2D eigenvalue weighted by atomic mass is 16.3. The number of carbonyl (C=O) groups is 2. The molecule has 0 bridgehead atoms. The number of carbonyl (C=O) groups excluding carboxylic acids is 2. The molecule has 2 N–H and O–H groups in total. The van der Waals surface area contributed by atoms with Crippen LogP contribution in [0, 0.1) is 0 Å². The average molecular weight is 401 g/mol. The largest absolute Gasteiger partial charge is 0.447 e. The van der Waals surface area contributed by atoms with Crippen molar-refractivity contribution in [2.24, 2.45) is 0 Å². The summed E-state index contributed by atoms with van der Waals surface area (Å²) in [7, 11) is 0. The summed E-state index contributed by atoms with van der Waals surface area (Å²) in [4.78, 5) is 38.9. The Morgan fingerprint density at radius 1 is 1.23 bits per heavy atom. The first-order chi connectivity index (χ1) is 14.4. The highest BCUT2D eigenvalue weighted by molar-refractivity contribution is 6.09. The van der Waals surface area contributed by atoms with Crippen LogP contribution >= 0.6 is 0 Å². The maximum absolute atomic E-state index is 13.0. The highest BCUT2D eigenvalue weighted by Crippen LogP contribution is 2.44. The van der Waals surface area contributed by atoms with Gasteiger partial charge in [-0.25, -0.2) is 9.97 Å². The topological polar surface area (TPSA) is 104 Å². The molecule has 0 aliphatic carbocycles. The maximum Gasteiger partial charge on any atom is 0.257 e. The van der Waals surface area contributed by atoms with E-state index in [1.54, 1.807) is 35.4 Å². The van der Waals surface area contributed by atoms with Crippen LogP contribution < -0.4 is 10.2 Å². The Labute approximate surface area is 171 Å². The van der Waals surface area contributed by atoms with Crippen LogP contribution in [0.4, 0.5) is 11.6 Å². The van der Waals surface area contributed by atoms with Crippen molar-refractivity contribution in [2.75, 3.05) is 10.2 Å². The molecule has 150 valence electrons. The molecule has 0 spiro atoms. The van der Waals surface area contributed by atoms with E-state index < -0.39 is 5.41 Å². The predicted octanol–water partition coefficient (Wildman–Crippen LogP) is 3.63. The molecule has 0 atom stereocenters. The van der Waals surface area contributed by atoms with Crippen LogP contribution in [-0.4, -0.2) is 26.8 Å². The van der Waals surface area contributed by atoms with Crippen LogP contribution in [0.1, 0.15) is 35.7 Å². The van der Waals surface area contributed by atoms with Crippen LogP contribution in [0.3, 0.4) is 0 Å². The van der Waals surface area contributed by atoms with E-state index in [1.165, 1.54) is 6.26 Å². The first-order valence-electron chi connectivity index (χ1n) is 9.54. The SMILES string of the molecule is CC1(C)C(=O)N(Cc2ncco2)c2cc3nc(NC(=O)c4ccccc4)[nH]c3cc21. The third-order valence-electron chi connectivity index (χ3n) is 5.39. The number of imidazole rings is 1. The number of H-pyrrole nitrogens is 1. The Hall–Kier alpha value is -3.94. The molecule has 30 heavy (non-hydrogen) atoms. The number of amides is 2. The number of aromatic nitrogens is 3. The zero-order valence-electron chi connectivity index (χ0n) is 16.5. The van der Waals surface area contributed by atoms with Crippen molar-refractivity contribution in [2.45, 2.75) is 25.8 Å². The van der Waals surface area contributed by atoms with Crippen molar-refractivity contribution in [3.05, 3.63) is 71.9 Å². The van der Waals surface area contributed by atoms with E-state index in [4.69, 9.17) is 4.42 Å². The van der Waals surface area contributed by atoms with Crippen LogP contribution in [0.15, 0.2) is 59.3 Å². The number of nitrogens with zero attached hydrogens (tertiary/aromatic N) is 3. The van der Waals surface area contributed by atoms with Gasteiger partial charge < -0.3 is 14.3 Å². The van der Waals surface area contributed by atoms with Crippen LogP contribution in [0.2, 0.25) is 0 Å². The molecule has 2 aromatic carbocycles. The van der Waals surface area contributed by atoms with E-state index in [0.29, 0.717) is 22.9 Å². The van der Waals surface area contributed by atoms with E-state index in [-0.39, 0.29) is 18.4 Å². The molecule has 2 amide bonds. The number of hydrogen-bond acceptors (Lipinski definition) is 5. The zero-order valence-corrected chi connectivity index (χ0v) is 16.5. The number of rotatable bonds is 4. The standard InChI is InChI=1S/C22H19N5O3/c1-22(2)14-10-15-16(11-17(14)27(20(22)29)12-18-23-8-9-30-18)25-21(24-15)26-19(28)13-6-4-3-5-7-13/h3-11H,12H2,1-2H3,(H2,24,25,26,28). The lowest BCUT2D eigenvalue weighted by atomic mass is 9.86. The summed E-state index contributed by atoms with van der Waals surface area (Å²) >= 11 is 0. The monoisotopic (exact) mass is 401 g/mol. The summed E-state index contributed by atoms with van der Waals surface area (Å²) in [6.07, 6.45) is 3.04. The number of hydrogen-bond donors (Lipinski definition) is 2. The summed E-state index contributed by atoms with van der Waals surface area (Å²) in [5.41, 5.74) is 2.90. The van der Waals surface area contributed by atoms with E-state index >= 15 is 0 Å². The Kier molecular flexibility index (Phi) is 3.95. The fourth-order valence-corrected chi connectivity index (χ4v) is 3.78. The second-order valence-electron chi connectivity index (χ2n) is 7.73. The Morgan fingerprint density at radius 3 is 2.77 bits per heavy atom. The van der Waals surface area contributed by atoms with E-state index in [1.807, 2.05) is 32.0 Å². The summed E-state index contributed by atoms with van der Waals surface area (Å²) in [5.74, 6) is 0.542. The van der Waals surface area contributed by atoms with Gasteiger partial charge in [0, 0.05) is 5.56 Å². The minimum absolute atomic E-state index is 0.0269. The Balaban J connectivity index is 1.51. The molecule has 1 aliphatic rings. The summed E-state index contributed by atoms with van der Waals surface area (Å²) < 4.78 is 5.33. The lowest BCUT2D eigenvalue weighted by Crippen LogP contribution is -2.35. The van der Waals surface area contributed by atoms with Gasteiger partial charge in [0.1, 0.15) is 12.8 Å². The van der Waals surface area contributed by atoms with Crippen molar-refractivity contribution in [1.82, 2.24) is 15.0 Å². The van der Waals surface area contributed by atoms with Gasteiger partial charge in [-0.2, -0.15) is 0 Å². The van der Waals surface area contributed by atoms with Gasteiger partial charge in [0.15, 0.2) is 0 Å². The van der Waals surface area contributed by atoms with E-state index in [9.17, 15) is 9.59 Å². The molecular weight excluding hydrogens is 382 g/mol. The lowest BCUT2D eigenvalue weighted by molar-refractivity contribution is -0.122. The maximum atomic E-state index is 13.0. The second kappa shape index (κ2) is 6.55. The van der Waals surface area contributed by atoms with Gasteiger partial charge >= 0.3 is 0 Å². The van der Waals surface area contributed by atoms with Crippen molar-refractivity contribution in [1.29, 1.82) is 0 Å². The molecule has 0 saturated carbocycles. The molecular formula is C22H19N5O3. The zero-order chi connectivity index (χ0) is 20.9. The van der Waals surface area contributed by atoms with Gasteiger partial charge in [-0.05, 0) is 43.7 Å². The summed E-state index contributed by atoms with van der Waals surface area (Å²) in [6, 6.07) is 12.7. The normalized spacial score (nSPS) is 14.9. The Bertz CT molecular complexity index is 1260. The number of nitrogens with one attached hydrogen (secondary N) is 2. The molecule has 4 aromatic rings. The third kappa shape index (κ3) is 2.85. The molecule has 0 saturated heterocycles. The quantitative estimate of drug-likeness (QED) is 0.543. The van der Waals surface area contributed by atoms with Crippen LogP contribution in [-0.2, 0) is 16.8 Å². The van der Waals surface area contributed by atoms with Gasteiger partial charge in [0.25, 0.3) is 5.91 Å². The minimum atomic E-state index is -0.700. The van der Waals surface area contributed by atoms with Crippen molar-refractivity contribution in [3.63, 3.8) is 0 Å². The van der Waals surface area contributed by atoms with Gasteiger partial charge in [0.2, 0.25) is 17.7 Å². The predicted molar refractivity (Wildman–Crippen MR) is 111 cm³/mol. The minimum Gasteiger partial charge on any atom is -0.447 e. The van der Waals surface area contributed by atoms with Gasteiger partial charge in [-0.3, -0.25) is 14.9 Å². The Morgan fingerprint density at radius 2 is 2.03 bits per heavy atom. The molecule has 0 radical (unpaired) electrons. The van der Waals surface area contributed by atoms with Gasteiger partial charge in [0.05, 0.1) is 28.3 Å². The first-order valence-corrected chi connectivity index (χ1v) is 9.54. The van der Waals surface area contributed by atoms with Gasteiger partial charge in [-0.15, -0.1) is 0 Å². The fraction of sp³-hybridized carbons (Fsp3) is 0.182. The fourth-order valence-electron chi connectivity index (χ4n) is 3.78. The molecule has 0 unspecified atom stereocenters. The number of aromatic amines is 1. The van der Waals surface area contributed by atoms with Crippen LogP contribution in [0.25, 0.3) is 11.0 Å². The van der Waals surface area contributed by atoms with Gasteiger partial charge in [-0.1, -0.05) is 18.2 Å². The molecule has 3 heterocycles. The summed E-state index contributed by atoms with van der Waals surface area (Å²) in [6.45, 7) is 4.03. The molecule has 1 aliphatic heterocycles. The molecule has 2 aromatic heterocycles. The highest BCUT2D eigenvalue weighted by Gasteiger charge is 2.44. The smallest absolute Gasteiger partial charge is 0.257 e. The summed E-state index contributed by atoms with van der Waals surface area (Å²) in [5, 5.41) is 2.79. The first kappa shape index (κ1) is 18.1. The lowest BCUT2D eigenvalue weighted by Gasteiger charge is -2.18. The van der Waals surface area contributed by atoms with Crippen molar-refractivity contribution in [3.8, 4) is 0 Å². The number of fused-ring (bicyclic) bond motifs is 2. The average Bonchev–Trinajstić information content (AvgIpc) is 3.43. The molecule has 8 heteroatoms. The third-order valence-corrected chi connectivity index (χ3v) is 5.39. The van der Waals surface area contributed by atoms with Crippen molar-refractivity contribution < 1.29 is 14.0 Å². The van der Waals surface area contributed by atoms with Crippen molar-refractivity contribution >= 4 is 34.5 Å². The second-order valence-corrected chi connectivity index (χ2v) is 7.73. The number of oxazole rings is 1. The van der Waals surface area contributed by atoms with E-state index in [0.717, 1.165) is 16.8 Å². The number of anilines is 2. The molecule has 8 nitrogen and oxygen atoms in total. The van der Waals surface area contributed by atoms with Crippen LogP contribution in [0.5, 0.6) is 0 Å². The molecule has 0 fully saturated rings. The molecule has 5 rings (SSSR count). The van der Waals surface area contributed by atoms with E-state index in [2.05, 4.69) is 20.3 Å². The number of benzene rings is 2.